The molecule has 1 fully saturated rings. The summed E-state index contributed by atoms with van der Waals surface area (Å²) < 4.78 is 33.4. The van der Waals surface area contributed by atoms with E-state index in [9.17, 15) is 44.6 Å². The molecule has 0 spiro atoms. The molecule has 13 nitrogen and oxygen atoms in total. The van der Waals surface area contributed by atoms with Crippen LogP contribution < -0.4 is 0 Å². The van der Waals surface area contributed by atoms with E-state index in [0.717, 1.165) is 57.8 Å². The first-order valence-corrected chi connectivity index (χ1v) is 23.7. The summed E-state index contributed by atoms with van der Waals surface area (Å²) in [4.78, 5) is 35.6. The van der Waals surface area contributed by atoms with Gasteiger partial charge in [0.25, 0.3) is 0 Å². The Morgan fingerprint density at radius 2 is 0.930 bits per heavy atom. The zero-order chi connectivity index (χ0) is 42.2. The lowest BCUT2D eigenvalue weighted by Gasteiger charge is -2.41. The number of carbonyl (C=O) groups excluding carboxylic acids is 2. The number of ether oxygens (including phenoxy) is 2. The molecule has 0 aromatic heterocycles. The summed E-state index contributed by atoms with van der Waals surface area (Å²) in [6.07, 6.45) is 22.3. The minimum atomic E-state index is -5.11. The number of aliphatic hydroxyl groups excluding tert-OH is 5. The van der Waals surface area contributed by atoms with E-state index < -0.39 is 75.7 Å². The van der Waals surface area contributed by atoms with Crippen molar-refractivity contribution in [3.63, 3.8) is 0 Å². The summed E-state index contributed by atoms with van der Waals surface area (Å²) in [7, 11) is -5.11. The van der Waals surface area contributed by atoms with Crippen LogP contribution in [-0.4, -0.2) is 98.3 Å². The average molecular weight is 835 g/mol. The highest BCUT2D eigenvalue weighted by molar-refractivity contribution is 7.47. The topological polar surface area (TPSA) is 210 Å². The summed E-state index contributed by atoms with van der Waals surface area (Å²) in [5.41, 5.74) is 0. The van der Waals surface area contributed by atoms with E-state index in [0.29, 0.717) is 12.8 Å². The Hall–Kier alpha value is -1.67. The monoisotopic (exact) mass is 835 g/mol. The van der Waals surface area contributed by atoms with E-state index in [1.165, 1.54) is 83.5 Å². The highest BCUT2D eigenvalue weighted by atomic mass is 31.2. The molecule has 0 aromatic rings. The van der Waals surface area contributed by atoms with Crippen LogP contribution in [0.25, 0.3) is 0 Å². The highest BCUT2D eigenvalue weighted by Gasteiger charge is 2.51. The normalized spacial score (nSPS) is 22.9. The van der Waals surface area contributed by atoms with E-state index in [1.54, 1.807) is 0 Å². The van der Waals surface area contributed by atoms with Crippen molar-refractivity contribution in [2.75, 3.05) is 13.2 Å². The van der Waals surface area contributed by atoms with E-state index in [-0.39, 0.29) is 12.8 Å². The first kappa shape index (κ1) is 53.3. The van der Waals surface area contributed by atoms with Gasteiger partial charge in [-0.3, -0.25) is 18.6 Å². The number of hydrogen-bond acceptors (Lipinski definition) is 12. The van der Waals surface area contributed by atoms with Crippen molar-refractivity contribution in [1.82, 2.24) is 0 Å². The molecule has 0 aromatic carbocycles. The molecular weight excluding hydrogens is 755 g/mol. The molecular formula is C43H79O13P. The molecule has 57 heavy (non-hydrogen) atoms. The van der Waals surface area contributed by atoms with Crippen molar-refractivity contribution in [2.45, 2.75) is 224 Å². The van der Waals surface area contributed by atoms with Crippen molar-refractivity contribution in [3.05, 3.63) is 24.3 Å². The SMILES string of the molecule is CCCCCC/C=C/C=C/CCCCCCCC(=O)O[C@H](COC(=O)CCCCCCCCCCCCCCC)COP(=O)(O)OC1C(O)C(O)C(O)[C@@H](O)C1O. The van der Waals surface area contributed by atoms with Crippen LogP contribution >= 0.6 is 7.82 Å². The number of phosphoric acid groups is 1. The fraction of sp³-hybridized carbons (Fsp3) is 0.860. The fourth-order valence-electron chi connectivity index (χ4n) is 6.69. The van der Waals surface area contributed by atoms with Crippen molar-refractivity contribution >= 4 is 19.8 Å². The maximum atomic E-state index is 12.8. The lowest BCUT2D eigenvalue weighted by Crippen LogP contribution is -2.64. The average Bonchev–Trinajstić information content (AvgIpc) is 3.19. The van der Waals surface area contributed by atoms with Gasteiger partial charge in [-0.1, -0.05) is 154 Å². The van der Waals surface area contributed by atoms with E-state index in [2.05, 4.69) is 38.2 Å². The van der Waals surface area contributed by atoms with Crippen LogP contribution in [0.15, 0.2) is 24.3 Å². The third-order valence-electron chi connectivity index (χ3n) is 10.3. The Labute approximate surface area is 343 Å². The van der Waals surface area contributed by atoms with Gasteiger partial charge in [-0.2, -0.15) is 0 Å². The van der Waals surface area contributed by atoms with Gasteiger partial charge >= 0.3 is 19.8 Å². The molecule has 0 aliphatic heterocycles. The number of esters is 2. The summed E-state index contributed by atoms with van der Waals surface area (Å²) in [6, 6.07) is 0. The zero-order valence-corrected chi connectivity index (χ0v) is 36.0. The van der Waals surface area contributed by atoms with Gasteiger partial charge in [0.05, 0.1) is 6.61 Å². The molecule has 0 bridgehead atoms. The standard InChI is InChI=1S/C43H79O13P/c1-3-5-7-9-11-13-15-17-18-20-22-24-26-28-30-32-37(45)55-35(34-54-57(51,52)56-43-41(49)39(47)38(46)40(48)42(43)50)33-53-36(44)31-29-27-25-23-21-19-16-14-12-10-8-6-4-2/h13,15,17-18,35,38-43,46-50H,3-12,14,16,19-34H2,1-2H3,(H,51,52)/b15-13+,18-17+/t35-,38?,39-,40?,41?,42?,43?/m1/s1. The molecule has 0 saturated heterocycles. The molecule has 6 N–H and O–H groups in total. The molecule has 6 unspecified atom stereocenters. The number of rotatable bonds is 36. The Morgan fingerprint density at radius 3 is 1.40 bits per heavy atom. The van der Waals surface area contributed by atoms with Gasteiger partial charge in [0.15, 0.2) is 6.10 Å². The lowest BCUT2D eigenvalue weighted by atomic mass is 9.85. The van der Waals surface area contributed by atoms with Gasteiger partial charge in [0, 0.05) is 12.8 Å². The summed E-state index contributed by atoms with van der Waals surface area (Å²) in [5, 5.41) is 50.1. The minimum Gasteiger partial charge on any atom is -0.462 e. The second kappa shape index (κ2) is 34.1. The van der Waals surface area contributed by atoms with Gasteiger partial charge in [0.1, 0.15) is 43.2 Å². The molecule has 0 amide bonds. The van der Waals surface area contributed by atoms with Gasteiger partial charge in [-0.05, 0) is 38.5 Å². The largest absolute Gasteiger partial charge is 0.472 e. The highest BCUT2D eigenvalue weighted by Crippen LogP contribution is 2.47. The molecule has 14 heteroatoms. The fourth-order valence-corrected chi connectivity index (χ4v) is 7.66. The third-order valence-corrected chi connectivity index (χ3v) is 11.3. The first-order chi connectivity index (χ1) is 27.4. The van der Waals surface area contributed by atoms with E-state index in [4.69, 9.17) is 18.5 Å². The maximum Gasteiger partial charge on any atom is 0.472 e. The number of aliphatic hydroxyl groups is 5. The first-order valence-electron chi connectivity index (χ1n) is 22.2. The van der Waals surface area contributed by atoms with Crippen LogP contribution in [0.4, 0.5) is 0 Å². The summed E-state index contributed by atoms with van der Waals surface area (Å²) >= 11 is 0. The van der Waals surface area contributed by atoms with Gasteiger partial charge < -0.3 is 39.9 Å². The van der Waals surface area contributed by atoms with Crippen molar-refractivity contribution < 1.29 is 63.1 Å². The Kier molecular flexibility index (Phi) is 31.9. The number of allylic oxidation sites excluding steroid dienone is 4. The van der Waals surface area contributed by atoms with Crippen LogP contribution in [0.2, 0.25) is 0 Å². The van der Waals surface area contributed by atoms with Crippen LogP contribution in [0, 0.1) is 0 Å². The smallest absolute Gasteiger partial charge is 0.462 e. The number of unbranched alkanes of at least 4 members (excludes halogenated alkanes) is 21. The van der Waals surface area contributed by atoms with E-state index in [1.807, 2.05) is 0 Å². The number of hydrogen-bond donors (Lipinski definition) is 6. The predicted octanol–water partition coefficient (Wildman–Crippen LogP) is 8.06. The molecule has 1 aliphatic carbocycles. The van der Waals surface area contributed by atoms with Crippen molar-refractivity contribution in [3.8, 4) is 0 Å². The van der Waals surface area contributed by atoms with E-state index >= 15 is 0 Å². The zero-order valence-electron chi connectivity index (χ0n) is 35.1. The Morgan fingerprint density at radius 1 is 0.544 bits per heavy atom. The van der Waals surface area contributed by atoms with Crippen LogP contribution in [0.3, 0.4) is 0 Å². The third kappa shape index (κ3) is 26.9. The molecule has 0 radical (unpaired) electrons. The summed E-state index contributed by atoms with van der Waals surface area (Å²) in [5.74, 6) is -1.11. The second-order valence-corrected chi connectivity index (χ2v) is 17.0. The quantitative estimate of drug-likeness (QED) is 0.0153. The van der Waals surface area contributed by atoms with Crippen LogP contribution in [0.1, 0.15) is 181 Å². The van der Waals surface area contributed by atoms with Crippen LogP contribution in [-0.2, 0) is 32.7 Å². The van der Waals surface area contributed by atoms with Crippen molar-refractivity contribution in [2.24, 2.45) is 0 Å². The molecule has 8 atom stereocenters. The van der Waals surface area contributed by atoms with Gasteiger partial charge in [-0.25, -0.2) is 4.57 Å². The molecule has 1 aliphatic rings. The number of carbonyl (C=O) groups is 2. The second-order valence-electron chi connectivity index (χ2n) is 15.6. The molecule has 1 saturated carbocycles. The molecule has 0 heterocycles. The Balaban J connectivity index is 2.50. The predicted molar refractivity (Wildman–Crippen MR) is 221 cm³/mol. The minimum absolute atomic E-state index is 0.0816. The molecule has 1 rings (SSSR count). The van der Waals surface area contributed by atoms with Crippen molar-refractivity contribution in [1.29, 1.82) is 0 Å². The summed E-state index contributed by atoms with van der Waals surface area (Å²) in [6.45, 7) is 3.26. The Bertz CT molecular complexity index is 1100. The van der Waals surface area contributed by atoms with Gasteiger partial charge in [-0.15, -0.1) is 0 Å². The number of phosphoric ester groups is 1. The molecule has 334 valence electrons. The van der Waals surface area contributed by atoms with Crippen LogP contribution in [0.5, 0.6) is 0 Å². The maximum absolute atomic E-state index is 12.8. The van der Waals surface area contributed by atoms with Gasteiger partial charge in [0.2, 0.25) is 0 Å². The lowest BCUT2D eigenvalue weighted by molar-refractivity contribution is -0.220.